The van der Waals surface area contributed by atoms with Gasteiger partial charge in [0.05, 0.1) is 11.1 Å². The van der Waals surface area contributed by atoms with Crippen molar-refractivity contribution in [1.29, 1.82) is 0 Å². The van der Waals surface area contributed by atoms with Gasteiger partial charge in [-0.1, -0.05) is 24.3 Å². The van der Waals surface area contributed by atoms with E-state index in [1.165, 1.54) is 24.3 Å². The Morgan fingerprint density at radius 2 is 1.09 bits per heavy atom. The number of aliphatic carboxylic acids is 2. The minimum atomic E-state index is -1.48. The third-order valence-electron chi connectivity index (χ3n) is 2.54. The molecule has 1 aromatic rings. The van der Waals surface area contributed by atoms with E-state index in [1.54, 1.807) is 0 Å². The summed E-state index contributed by atoms with van der Waals surface area (Å²) in [5.74, 6) is -4.98. The van der Waals surface area contributed by atoms with Gasteiger partial charge in [0.2, 0.25) is 11.8 Å². The fourth-order valence-corrected chi connectivity index (χ4v) is 1.75. The molecule has 2 amide bonds. The maximum absolute atomic E-state index is 11.3. The molecule has 0 aromatic heterocycles. The Morgan fingerprint density at radius 1 is 0.773 bits per heavy atom. The monoisotopic (exact) mass is 304 g/mol. The lowest BCUT2D eigenvalue weighted by Crippen LogP contribution is -2.14. The zero-order valence-electron chi connectivity index (χ0n) is 11.1. The molecular formula is C14H12N2O6. The molecule has 0 fully saturated rings. The summed E-state index contributed by atoms with van der Waals surface area (Å²) in [7, 11) is 0. The van der Waals surface area contributed by atoms with Gasteiger partial charge in [0.15, 0.2) is 0 Å². The van der Waals surface area contributed by atoms with E-state index >= 15 is 0 Å². The zero-order chi connectivity index (χ0) is 16.9. The summed E-state index contributed by atoms with van der Waals surface area (Å²) < 4.78 is 0. The number of benzene rings is 1. The third-order valence-corrected chi connectivity index (χ3v) is 2.54. The topological polar surface area (TPSA) is 161 Å². The highest BCUT2D eigenvalue weighted by Crippen LogP contribution is 2.26. The molecule has 22 heavy (non-hydrogen) atoms. The molecule has 0 saturated heterocycles. The van der Waals surface area contributed by atoms with E-state index in [-0.39, 0.29) is 11.1 Å². The quantitative estimate of drug-likeness (QED) is 0.522. The van der Waals surface area contributed by atoms with Crippen LogP contribution in [0.3, 0.4) is 0 Å². The lowest BCUT2D eigenvalue weighted by molar-refractivity contribution is -0.131. The second-order valence-electron chi connectivity index (χ2n) is 4.08. The van der Waals surface area contributed by atoms with Crippen LogP contribution in [0.15, 0.2) is 36.4 Å². The lowest BCUT2D eigenvalue weighted by Gasteiger charge is -2.10. The van der Waals surface area contributed by atoms with E-state index in [1.807, 2.05) is 0 Å². The summed E-state index contributed by atoms with van der Waals surface area (Å²) in [5.41, 5.74) is 8.74. The van der Waals surface area contributed by atoms with Crippen LogP contribution in [0.25, 0.3) is 11.1 Å². The third kappa shape index (κ3) is 4.04. The van der Waals surface area contributed by atoms with Crippen molar-refractivity contribution >= 4 is 34.9 Å². The van der Waals surface area contributed by atoms with Gasteiger partial charge in [0, 0.05) is 12.2 Å². The molecule has 0 aliphatic carbocycles. The number of carboxylic acids is 2. The molecule has 1 rings (SSSR count). The van der Waals surface area contributed by atoms with Crippen LogP contribution >= 0.6 is 0 Å². The highest BCUT2D eigenvalue weighted by Gasteiger charge is 2.21. The number of primary amides is 2. The first-order valence-corrected chi connectivity index (χ1v) is 5.82. The van der Waals surface area contributed by atoms with Gasteiger partial charge < -0.3 is 21.7 Å². The molecule has 0 aliphatic heterocycles. The molecule has 0 bridgehead atoms. The Bertz CT molecular complexity index is 657. The van der Waals surface area contributed by atoms with E-state index < -0.39 is 34.9 Å². The predicted molar refractivity (Wildman–Crippen MR) is 76.1 cm³/mol. The van der Waals surface area contributed by atoms with Crippen LogP contribution in [0.1, 0.15) is 11.1 Å². The minimum absolute atomic E-state index is 0.0799. The van der Waals surface area contributed by atoms with Crippen molar-refractivity contribution in [1.82, 2.24) is 0 Å². The predicted octanol–water partition coefficient (Wildman–Crippen LogP) is -0.407. The summed E-state index contributed by atoms with van der Waals surface area (Å²) in [6.07, 6.45) is 1.32. The van der Waals surface area contributed by atoms with E-state index in [2.05, 4.69) is 0 Å². The first kappa shape index (κ1) is 16.6. The Balaban J connectivity index is 3.66. The lowest BCUT2D eigenvalue weighted by atomic mass is 9.93. The smallest absolute Gasteiger partial charge is 0.336 e. The second-order valence-corrected chi connectivity index (χ2v) is 4.08. The van der Waals surface area contributed by atoms with Crippen LogP contribution in [-0.2, 0) is 19.2 Å². The molecule has 8 heteroatoms. The summed E-state index contributed by atoms with van der Waals surface area (Å²) in [4.78, 5) is 44.5. The Morgan fingerprint density at radius 3 is 1.32 bits per heavy atom. The van der Waals surface area contributed by atoms with Crippen LogP contribution in [-0.4, -0.2) is 34.0 Å². The number of carbonyl (C=O) groups excluding carboxylic acids is 2. The van der Waals surface area contributed by atoms with Crippen molar-refractivity contribution in [2.75, 3.05) is 0 Å². The first-order chi connectivity index (χ1) is 10.2. The Hall–Kier alpha value is -3.42. The normalized spacial score (nSPS) is 11.8. The Labute approximate surface area is 124 Å². The minimum Gasteiger partial charge on any atom is -0.478 e. The van der Waals surface area contributed by atoms with Crippen molar-refractivity contribution in [2.45, 2.75) is 0 Å². The summed E-state index contributed by atoms with van der Waals surface area (Å²) in [6.45, 7) is 0. The fraction of sp³-hybridized carbons (Fsp3) is 0. The highest BCUT2D eigenvalue weighted by molar-refractivity contribution is 6.25. The summed E-state index contributed by atoms with van der Waals surface area (Å²) in [5, 5.41) is 18.3. The molecule has 8 nitrogen and oxygen atoms in total. The highest BCUT2D eigenvalue weighted by atomic mass is 16.4. The number of hydrogen-bond donors (Lipinski definition) is 4. The largest absolute Gasteiger partial charge is 0.478 e. The number of carbonyl (C=O) groups is 4. The number of rotatable bonds is 6. The number of nitrogens with two attached hydrogens (primary N) is 2. The van der Waals surface area contributed by atoms with Gasteiger partial charge in [-0.05, 0) is 11.1 Å². The molecule has 114 valence electrons. The molecule has 0 saturated carbocycles. The van der Waals surface area contributed by atoms with Crippen LogP contribution in [0.5, 0.6) is 0 Å². The maximum Gasteiger partial charge on any atom is 0.336 e. The van der Waals surface area contributed by atoms with Gasteiger partial charge in [-0.3, -0.25) is 9.59 Å². The molecule has 0 atom stereocenters. The first-order valence-electron chi connectivity index (χ1n) is 5.82. The SMILES string of the molecule is NC(=O)/C=C(\C(=O)O)c1ccccc1/C(=C/C(N)=O)C(=O)O. The molecule has 0 spiro atoms. The summed E-state index contributed by atoms with van der Waals surface area (Å²) >= 11 is 0. The molecule has 0 radical (unpaired) electrons. The second kappa shape index (κ2) is 6.84. The van der Waals surface area contributed by atoms with E-state index in [0.29, 0.717) is 12.2 Å². The van der Waals surface area contributed by atoms with Crippen LogP contribution < -0.4 is 11.5 Å². The van der Waals surface area contributed by atoms with Gasteiger partial charge in [0.25, 0.3) is 0 Å². The molecule has 0 unspecified atom stereocenters. The van der Waals surface area contributed by atoms with Gasteiger partial charge in [-0.2, -0.15) is 0 Å². The number of amides is 2. The molecule has 0 aliphatic rings. The fourth-order valence-electron chi connectivity index (χ4n) is 1.75. The summed E-state index contributed by atoms with van der Waals surface area (Å²) in [6, 6.07) is 5.46. The van der Waals surface area contributed by atoms with Crippen LogP contribution in [0, 0.1) is 0 Å². The van der Waals surface area contributed by atoms with Gasteiger partial charge in [-0.15, -0.1) is 0 Å². The van der Waals surface area contributed by atoms with E-state index in [4.69, 9.17) is 21.7 Å². The zero-order valence-corrected chi connectivity index (χ0v) is 11.1. The van der Waals surface area contributed by atoms with E-state index in [0.717, 1.165) is 0 Å². The molecule has 1 aromatic carbocycles. The standard InChI is InChI=1S/C14H12N2O6/c15-11(17)5-9(13(19)20)7-3-1-2-4-8(7)10(14(21)22)6-12(16)18/h1-6H,(H2,15,17)(H2,16,18)(H,19,20)(H,21,22)/b9-5-,10-6-. The average Bonchev–Trinajstić information content (AvgIpc) is 2.41. The molecule has 0 heterocycles. The Kier molecular flexibility index (Phi) is 5.17. The van der Waals surface area contributed by atoms with Crippen LogP contribution in [0.4, 0.5) is 0 Å². The van der Waals surface area contributed by atoms with Crippen molar-refractivity contribution in [3.63, 3.8) is 0 Å². The molecular weight excluding hydrogens is 292 g/mol. The average molecular weight is 304 g/mol. The number of hydrogen-bond acceptors (Lipinski definition) is 4. The van der Waals surface area contributed by atoms with Crippen molar-refractivity contribution in [3.8, 4) is 0 Å². The van der Waals surface area contributed by atoms with Gasteiger partial charge in [0.1, 0.15) is 0 Å². The van der Waals surface area contributed by atoms with E-state index in [9.17, 15) is 19.2 Å². The van der Waals surface area contributed by atoms with Crippen molar-refractivity contribution in [2.24, 2.45) is 11.5 Å². The van der Waals surface area contributed by atoms with Crippen molar-refractivity contribution in [3.05, 3.63) is 47.5 Å². The van der Waals surface area contributed by atoms with Crippen LogP contribution in [0.2, 0.25) is 0 Å². The maximum atomic E-state index is 11.3. The molecule has 6 N–H and O–H groups in total. The van der Waals surface area contributed by atoms with Gasteiger partial charge >= 0.3 is 11.9 Å². The van der Waals surface area contributed by atoms with Crippen molar-refractivity contribution < 1.29 is 29.4 Å². The number of carboxylic acid groups (broad SMARTS) is 2. The van der Waals surface area contributed by atoms with Gasteiger partial charge in [-0.25, -0.2) is 9.59 Å².